The van der Waals surface area contributed by atoms with Crippen molar-refractivity contribution in [1.82, 2.24) is 15.1 Å². The van der Waals surface area contributed by atoms with Crippen molar-refractivity contribution in [3.05, 3.63) is 5.51 Å². The van der Waals surface area contributed by atoms with E-state index in [1.54, 1.807) is 12.4 Å². The van der Waals surface area contributed by atoms with Crippen LogP contribution in [0.15, 0.2) is 5.51 Å². The Labute approximate surface area is 92.5 Å². The van der Waals surface area contributed by atoms with E-state index in [0.717, 1.165) is 31.1 Å². The minimum Gasteiger partial charge on any atom is -0.357 e. The van der Waals surface area contributed by atoms with Crippen molar-refractivity contribution in [1.29, 1.82) is 0 Å². The van der Waals surface area contributed by atoms with Gasteiger partial charge < -0.3 is 10.2 Å². The van der Waals surface area contributed by atoms with Crippen LogP contribution in [0.1, 0.15) is 19.8 Å². The minimum absolute atomic E-state index is 0.171. The van der Waals surface area contributed by atoms with Gasteiger partial charge in [-0.15, -0.1) is 10.2 Å². The molecule has 5 nitrogen and oxygen atoms in total. The quantitative estimate of drug-likeness (QED) is 0.816. The van der Waals surface area contributed by atoms with Crippen molar-refractivity contribution >= 4 is 22.4 Å². The molecule has 1 aliphatic heterocycles. The summed E-state index contributed by atoms with van der Waals surface area (Å²) in [7, 11) is 0. The van der Waals surface area contributed by atoms with Crippen LogP contribution in [-0.4, -0.2) is 40.1 Å². The molecule has 1 aliphatic rings. The molecule has 0 radical (unpaired) electrons. The number of rotatable bonds is 2. The molecule has 1 N–H and O–H groups in total. The molecule has 1 saturated heterocycles. The number of likely N-dealkylation sites (tertiary alicyclic amines) is 1. The van der Waals surface area contributed by atoms with Gasteiger partial charge in [-0.05, 0) is 12.8 Å². The summed E-state index contributed by atoms with van der Waals surface area (Å²) < 4.78 is 0. The highest BCUT2D eigenvalue weighted by molar-refractivity contribution is 7.13. The van der Waals surface area contributed by atoms with Gasteiger partial charge in [0.05, 0.1) is 0 Å². The number of piperidine rings is 1. The largest absolute Gasteiger partial charge is 0.357 e. The second-order valence-corrected chi connectivity index (χ2v) is 4.50. The highest BCUT2D eigenvalue weighted by Gasteiger charge is 2.20. The number of aromatic nitrogens is 2. The van der Waals surface area contributed by atoms with E-state index in [2.05, 4.69) is 15.5 Å². The molecule has 0 saturated carbocycles. The highest BCUT2D eigenvalue weighted by Crippen LogP contribution is 2.17. The molecule has 1 amide bonds. The minimum atomic E-state index is 0.171. The lowest BCUT2D eigenvalue weighted by Crippen LogP contribution is -2.41. The normalized spacial score (nSPS) is 17.8. The Bertz CT molecular complexity index is 319. The third-order valence-electron chi connectivity index (χ3n) is 2.63. The summed E-state index contributed by atoms with van der Waals surface area (Å²) in [6, 6.07) is 0.425. The van der Waals surface area contributed by atoms with Gasteiger partial charge in [-0.25, -0.2) is 0 Å². The highest BCUT2D eigenvalue weighted by atomic mass is 32.1. The van der Waals surface area contributed by atoms with Crippen molar-refractivity contribution in [2.45, 2.75) is 25.8 Å². The Hall–Kier alpha value is -1.17. The summed E-state index contributed by atoms with van der Waals surface area (Å²) in [5.74, 6) is 0.171. The van der Waals surface area contributed by atoms with Crippen molar-refractivity contribution in [3.63, 3.8) is 0 Å². The summed E-state index contributed by atoms with van der Waals surface area (Å²) >= 11 is 1.51. The fourth-order valence-corrected chi connectivity index (χ4v) is 2.27. The van der Waals surface area contributed by atoms with E-state index in [1.165, 1.54) is 11.3 Å². The maximum atomic E-state index is 11.1. The van der Waals surface area contributed by atoms with Gasteiger partial charge >= 0.3 is 0 Å². The summed E-state index contributed by atoms with van der Waals surface area (Å²) in [5.41, 5.74) is 1.72. The monoisotopic (exact) mass is 226 g/mol. The van der Waals surface area contributed by atoms with Crippen LogP contribution in [-0.2, 0) is 4.79 Å². The molecule has 2 rings (SSSR count). The van der Waals surface area contributed by atoms with Crippen molar-refractivity contribution in [3.8, 4) is 0 Å². The van der Waals surface area contributed by atoms with Crippen LogP contribution in [0, 0.1) is 0 Å². The second-order valence-electron chi connectivity index (χ2n) is 3.67. The van der Waals surface area contributed by atoms with Gasteiger partial charge in [-0.2, -0.15) is 0 Å². The maximum absolute atomic E-state index is 11.1. The Morgan fingerprint density at radius 3 is 2.87 bits per heavy atom. The fraction of sp³-hybridized carbons (Fsp3) is 0.667. The Kier molecular flexibility index (Phi) is 3.15. The van der Waals surface area contributed by atoms with E-state index < -0.39 is 0 Å². The number of hydrogen-bond donors (Lipinski definition) is 1. The number of nitrogens with zero attached hydrogens (tertiary/aromatic N) is 3. The van der Waals surface area contributed by atoms with Crippen LogP contribution in [0.25, 0.3) is 0 Å². The zero-order valence-electron chi connectivity index (χ0n) is 8.64. The summed E-state index contributed by atoms with van der Waals surface area (Å²) in [6.45, 7) is 3.30. The van der Waals surface area contributed by atoms with Gasteiger partial charge in [0, 0.05) is 26.1 Å². The molecule has 1 aromatic rings. The summed E-state index contributed by atoms with van der Waals surface area (Å²) in [4.78, 5) is 13.0. The number of nitrogens with one attached hydrogen (secondary N) is 1. The predicted octanol–water partition coefficient (Wildman–Crippen LogP) is 0.961. The smallest absolute Gasteiger partial charge is 0.219 e. The van der Waals surface area contributed by atoms with Gasteiger partial charge in [0.1, 0.15) is 5.51 Å². The van der Waals surface area contributed by atoms with Crippen LogP contribution in [0.3, 0.4) is 0 Å². The first-order chi connectivity index (χ1) is 7.25. The maximum Gasteiger partial charge on any atom is 0.219 e. The molecule has 2 heterocycles. The molecular formula is C9H14N4OS. The lowest BCUT2D eigenvalue weighted by Gasteiger charge is -2.31. The summed E-state index contributed by atoms with van der Waals surface area (Å²) in [5, 5.41) is 11.9. The number of amides is 1. The first-order valence-electron chi connectivity index (χ1n) is 5.04. The van der Waals surface area contributed by atoms with E-state index in [4.69, 9.17) is 0 Å². The molecule has 0 bridgehead atoms. The number of hydrogen-bond acceptors (Lipinski definition) is 5. The van der Waals surface area contributed by atoms with Gasteiger partial charge in [0.2, 0.25) is 11.0 Å². The molecule has 1 aromatic heterocycles. The molecule has 0 aromatic carbocycles. The zero-order chi connectivity index (χ0) is 10.7. The number of carbonyl (C=O) groups excluding carboxylic acids is 1. The van der Waals surface area contributed by atoms with Crippen molar-refractivity contribution in [2.75, 3.05) is 18.4 Å². The Balaban J connectivity index is 1.81. The van der Waals surface area contributed by atoms with Crippen LogP contribution in [0.5, 0.6) is 0 Å². The Morgan fingerprint density at radius 1 is 1.60 bits per heavy atom. The Morgan fingerprint density at radius 2 is 2.33 bits per heavy atom. The lowest BCUT2D eigenvalue weighted by molar-refractivity contribution is -0.129. The van der Waals surface area contributed by atoms with Crippen LogP contribution in [0.4, 0.5) is 5.13 Å². The predicted molar refractivity (Wildman–Crippen MR) is 58.8 cm³/mol. The van der Waals surface area contributed by atoms with E-state index in [-0.39, 0.29) is 5.91 Å². The summed E-state index contributed by atoms with van der Waals surface area (Å²) in [6.07, 6.45) is 1.97. The van der Waals surface area contributed by atoms with Gasteiger partial charge in [0.25, 0.3) is 0 Å². The lowest BCUT2D eigenvalue weighted by atomic mass is 10.1. The van der Waals surface area contributed by atoms with Gasteiger partial charge in [-0.3, -0.25) is 4.79 Å². The molecular weight excluding hydrogens is 212 g/mol. The van der Waals surface area contributed by atoms with E-state index in [0.29, 0.717) is 6.04 Å². The van der Waals surface area contributed by atoms with Crippen LogP contribution in [0.2, 0.25) is 0 Å². The molecule has 82 valence electrons. The first kappa shape index (κ1) is 10.4. The van der Waals surface area contributed by atoms with Crippen molar-refractivity contribution in [2.24, 2.45) is 0 Å². The van der Waals surface area contributed by atoms with Crippen LogP contribution < -0.4 is 5.32 Å². The molecule has 0 aliphatic carbocycles. The van der Waals surface area contributed by atoms with Gasteiger partial charge in [0.15, 0.2) is 0 Å². The number of carbonyl (C=O) groups is 1. The third-order valence-corrected chi connectivity index (χ3v) is 3.25. The van der Waals surface area contributed by atoms with E-state index in [1.807, 2.05) is 4.90 Å². The molecule has 0 spiro atoms. The number of anilines is 1. The second kappa shape index (κ2) is 4.57. The standard InChI is InChI=1S/C9H14N4OS/c1-7(14)13-4-2-8(3-5-13)11-9-12-10-6-15-9/h6,8H,2-5H2,1H3,(H,11,12). The SMILES string of the molecule is CC(=O)N1CCC(Nc2nncs2)CC1. The molecule has 6 heteroatoms. The van der Waals surface area contributed by atoms with Gasteiger partial charge in [-0.1, -0.05) is 11.3 Å². The van der Waals surface area contributed by atoms with Crippen LogP contribution >= 0.6 is 11.3 Å². The fourth-order valence-electron chi connectivity index (χ4n) is 1.75. The van der Waals surface area contributed by atoms with E-state index in [9.17, 15) is 4.79 Å². The average Bonchev–Trinajstić information content (AvgIpc) is 2.71. The van der Waals surface area contributed by atoms with E-state index >= 15 is 0 Å². The molecule has 15 heavy (non-hydrogen) atoms. The average molecular weight is 226 g/mol. The third kappa shape index (κ3) is 2.65. The van der Waals surface area contributed by atoms with Crippen molar-refractivity contribution < 1.29 is 4.79 Å². The molecule has 0 unspecified atom stereocenters. The first-order valence-corrected chi connectivity index (χ1v) is 5.92. The topological polar surface area (TPSA) is 58.1 Å². The molecule has 0 atom stereocenters. The molecule has 1 fully saturated rings. The zero-order valence-corrected chi connectivity index (χ0v) is 9.46.